The Kier molecular flexibility index (Phi) is 6.45. The first kappa shape index (κ1) is 17.0. The van der Waals surface area contributed by atoms with Gasteiger partial charge in [0.25, 0.3) is 0 Å². The molecular weight excluding hydrogens is 316 g/mol. The predicted octanol–water partition coefficient (Wildman–Crippen LogP) is 3.28. The van der Waals surface area contributed by atoms with Gasteiger partial charge in [0, 0.05) is 20.1 Å². The minimum atomic E-state index is 0.168. The molecule has 2 rings (SSSR count). The van der Waals surface area contributed by atoms with Crippen molar-refractivity contribution in [3.8, 4) is 10.7 Å². The van der Waals surface area contributed by atoms with Crippen LogP contribution in [0.1, 0.15) is 26.7 Å². The Morgan fingerprint density at radius 1 is 1.41 bits per heavy atom. The van der Waals surface area contributed by atoms with E-state index >= 15 is 0 Å². The summed E-state index contributed by atoms with van der Waals surface area (Å²) in [5.41, 5.74) is 0. The molecule has 0 atom stereocenters. The topological polar surface area (TPSA) is 51.0 Å². The molecule has 0 aromatic carbocycles. The molecule has 22 heavy (non-hydrogen) atoms. The van der Waals surface area contributed by atoms with Crippen molar-refractivity contribution in [1.82, 2.24) is 19.7 Å². The van der Waals surface area contributed by atoms with E-state index in [0.29, 0.717) is 5.75 Å². The first-order valence-electron chi connectivity index (χ1n) is 7.51. The molecule has 1 amide bonds. The van der Waals surface area contributed by atoms with Crippen LogP contribution in [0.3, 0.4) is 0 Å². The van der Waals surface area contributed by atoms with Crippen LogP contribution >= 0.6 is 23.1 Å². The SMILES string of the molecule is CCCCN(CC)C(=O)CSc1nnc(-c2cccs2)n1C. The van der Waals surface area contributed by atoms with Gasteiger partial charge >= 0.3 is 0 Å². The standard InChI is InChI=1S/C15H22N4OS2/c1-4-6-9-19(5-2)13(20)11-22-15-17-16-14(18(15)3)12-8-7-10-21-12/h7-8,10H,4-6,9,11H2,1-3H3. The van der Waals surface area contributed by atoms with Crippen LogP contribution in [0, 0.1) is 0 Å². The van der Waals surface area contributed by atoms with Crippen LogP contribution in [0.2, 0.25) is 0 Å². The van der Waals surface area contributed by atoms with Crippen molar-refractivity contribution in [3.63, 3.8) is 0 Å². The van der Waals surface area contributed by atoms with Gasteiger partial charge in [-0.15, -0.1) is 21.5 Å². The van der Waals surface area contributed by atoms with Gasteiger partial charge in [0.1, 0.15) is 0 Å². The van der Waals surface area contributed by atoms with E-state index in [0.717, 1.165) is 41.8 Å². The van der Waals surface area contributed by atoms with Crippen molar-refractivity contribution < 1.29 is 4.79 Å². The summed E-state index contributed by atoms with van der Waals surface area (Å²) in [4.78, 5) is 15.2. The van der Waals surface area contributed by atoms with E-state index in [9.17, 15) is 4.79 Å². The molecule has 0 spiro atoms. The Morgan fingerprint density at radius 2 is 2.23 bits per heavy atom. The number of thiophene rings is 1. The average Bonchev–Trinajstić information content (AvgIpc) is 3.15. The molecule has 0 N–H and O–H groups in total. The number of hydrogen-bond donors (Lipinski definition) is 0. The number of amides is 1. The van der Waals surface area contributed by atoms with Crippen molar-refractivity contribution >= 4 is 29.0 Å². The molecule has 2 aromatic heterocycles. The van der Waals surface area contributed by atoms with E-state index in [2.05, 4.69) is 17.1 Å². The van der Waals surface area contributed by atoms with Gasteiger partial charge in [-0.25, -0.2) is 0 Å². The lowest BCUT2D eigenvalue weighted by Gasteiger charge is -2.20. The molecule has 0 saturated carbocycles. The smallest absolute Gasteiger partial charge is 0.233 e. The molecule has 0 bridgehead atoms. The maximum atomic E-state index is 12.2. The highest BCUT2D eigenvalue weighted by Gasteiger charge is 2.16. The summed E-state index contributed by atoms with van der Waals surface area (Å²) in [6.45, 7) is 5.76. The first-order chi connectivity index (χ1) is 10.7. The van der Waals surface area contributed by atoms with Crippen LogP contribution in [-0.2, 0) is 11.8 Å². The number of unbranched alkanes of at least 4 members (excludes halogenated alkanes) is 1. The summed E-state index contributed by atoms with van der Waals surface area (Å²) in [5, 5.41) is 11.2. The van der Waals surface area contributed by atoms with E-state index in [1.54, 1.807) is 11.3 Å². The Hall–Kier alpha value is -1.34. The van der Waals surface area contributed by atoms with Crippen molar-refractivity contribution in [2.45, 2.75) is 31.8 Å². The van der Waals surface area contributed by atoms with Gasteiger partial charge in [-0.3, -0.25) is 4.79 Å². The maximum absolute atomic E-state index is 12.2. The van der Waals surface area contributed by atoms with Crippen molar-refractivity contribution in [2.24, 2.45) is 7.05 Å². The molecule has 5 nitrogen and oxygen atoms in total. The van der Waals surface area contributed by atoms with E-state index in [4.69, 9.17) is 0 Å². The number of rotatable bonds is 8. The minimum absolute atomic E-state index is 0.168. The Labute approximate surface area is 139 Å². The van der Waals surface area contributed by atoms with E-state index < -0.39 is 0 Å². The van der Waals surface area contributed by atoms with Crippen LogP contribution in [0.4, 0.5) is 0 Å². The lowest BCUT2D eigenvalue weighted by molar-refractivity contribution is -0.128. The van der Waals surface area contributed by atoms with Gasteiger partial charge in [0.2, 0.25) is 5.91 Å². The number of hydrogen-bond acceptors (Lipinski definition) is 5. The number of carbonyl (C=O) groups excluding carboxylic acids is 1. The highest BCUT2D eigenvalue weighted by molar-refractivity contribution is 7.99. The van der Waals surface area contributed by atoms with E-state index in [1.807, 2.05) is 41.0 Å². The fourth-order valence-electron chi connectivity index (χ4n) is 2.09. The fourth-order valence-corrected chi connectivity index (χ4v) is 3.64. The zero-order valence-corrected chi connectivity index (χ0v) is 14.9. The van der Waals surface area contributed by atoms with Gasteiger partial charge in [0.15, 0.2) is 11.0 Å². The third kappa shape index (κ3) is 4.10. The predicted molar refractivity (Wildman–Crippen MR) is 92.2 cm³/mol. The van der Waals surface area contributed by atoms with Gasteiger partial charge in [-0.2, -0.15) is 0 Å². The normalized spacial score (nSPS) is 10.9. The minimum Gasteiger partial charge on any atom is -0.342 e. The van der Waals surface area contributed by atoms with Gasteiger partial charge in [-0.1, -0.05) is 31.2 Å². The molecule has 0 unspecified atom stereocenters. The summed E-state index contributed by atoms with van der Waals surface area (Å²) in [5.74, 6) is 1.43. The molecule has 0 aliphatic heterocycles. The molecule has 2 aromatic rings. The Balaban J connectivity index is 1.96. The number of carbonyl (C=O) groups is 1. The second-order valence-corrected chi connectivity index (χ2v) is 6.85. The molecule has 0 saturated heterocycles. The molecule has 2 heterocycles. The molecule has 0 radical (unpaired) electrons. The molecule has 120 valence electrons. The monoisotopic (exact) mass is 338 g/mol. The molecule has 0 fully saturated rings. The molecular formula is C15H22N4OS2. The van der Waals surface area contributed by atoms with Crippen LogP contribution in [-0.4, -0.2) is 44.4 Å². The van der Waals surface area contributed by atoms with E-state index in [-0.39, 0.29) is 5.91 Å². The van der Waals surface area contributed by atoms with Crippen LogP contribution in [0.5, 0.6) is 0 Å². The fraction of sp³-hybridized carbons (Fsp3) is 0.533. The first-order valence-corrected chi connectivity index (χ1v) is 9.37. The molecule has 0 aliphatic carbocycles. The van der Waals surface area contributed by atoms with Gasteiger partial charge in [0.05, 0.1) is 10.6 Å². The summed E-state index contributed by atoms with van der Waals surface area (Å²) in [6, 6.07) is 4.02. The van der Waals surface area contributed by atoms with Crippen LogP contribution < -0.4 is 0 Å². The second kappa shape index (κ2) is 8.33. The van der Waals surface area contributed by atoms with Crippen molar-refractivity contribution in [2.75, 3.05) is 18.8 Å². The van der Waals surface area contributed by atoms with Crippen LogP contribution in [0.15, 0.2) is 22.7 Å². The molecule has 7 heteroatoms. The Morgan fingerprint density at radius 3 is 2.86 bits per heavy atom. The van der Waals surface area contributed by atoms with Crippen molar-refractivity contribution in [1.29, 1.82) is 0 Å². The van der Waals surface area contributed by atoms with E-state index in [1.165, 1.54) is 11.8 Å². The highest BCUT2D eigenvalue weighted by atomic mass is 32.2. The number of aromatic nitrogens is 3. The largest absolute Gasteiger partial charge is 0.342 e. The summed E-state index contributed by atoms with van der Waals surface area (Å²) in [7, 11) is 1.94. The lowest BCUT2D eigenvalue weighted by Crippen LogP contribution is -2.33. The van der Waals surface area contributed by atoms with Gasteiger partial charge < -0.3 is 9.47 Å². The molecule has 0 aliphatic rings. The Bertz CT molecular complexity index is 595. The zero-order chi connectivity index (χ0) is 15.9. The summed E-state index contributed by atoms with van der Waals surface area (Å²) < 4.78 is 1.95. The lowest BCUT2D eigenvalue weighted by atomic mass is 10.3. The van der Waals surface area contributed by atoms with Crippen molar-refractivity contribution in [3.05, 3.63) is 17.5 Å². The van der Waals surface area contributed by atoms with Crippen LogP contribution in [0.25, 0.3) is 10.7 Å². The highest BCUT2D eigenvalue weighted by Crippen LogP contribution is 2.26. The second-order valence-electron chi connectivity index (χ2n) is 4.96. The zero-order valence-electron chi connectivity index (χ0n) is 13.3. The summed E-state index contributed by atoms with van der Waals surface area (Å²) >= 11 is 3.09. The average molecular weight is 339 g/mol. The van der Waals surface area contributed by atoms with Gasteiger partial charge in [-0.05, 0) is 24.8 Å². The third-order valence-electron chi connectivity index (χ3n) is 3.42. The summed E-state index contributed by atoms with van der Waals surface area (Å²) in [6.07, 6.45) is 2.15. The quantitative estimate of drug-likeness (QED) is 0.693. The maximum Gasteiger partial charge on any atom is 0.233 e. The third-order valence-corrected chi connectivity index (χ3v) is 5.29. The number of thioether (sulfide) groups is 1. The number of nitrogens with zero attached hydrogens (tertiary/aromatic N) is 4.